The minimum absolute atomic E-state index is 0.0120. The lowest BCUT2D eigenvalue weighted by molar-refractivity contribution is -0.384. The Balaban J connectivity index is 1.90. The molecule has 1 aromatic carbocycles. The molecule has 0 bridgehead atoms. The molecule has 6 nitrogen and oxygen atoms in total. The Bertz CT molecular complexity index is 700. The maximum atomic E-state index is 10.9. The average Bonchev–Trinajstić information content (AvgIpc) is 2.94. The van der Waals surface area contributed by atoms with Crippen LogP contribution in [0.25, 0.3) is 0 Å². The van der Waals surface area contributed by atoms with Gasteiger partial charge in [-0.25, -0.2) is 4.98 Å². The summed E-state index contributed by atoms with van der Waals surface area (Å²) in [6.07, 6.45) is 3.42. The predicted molar refractivity (Wildman–Crippen MR) is 82.2 cm³/mol. The first-order valence-electron chi connectivity index (χ1n) is 6.89. The van der Waals surface area contributed by atoms with Crippen molar-refractivity contribution in [2.24, 2.45) is 0 Å². The van der Waals surface area contributed by atoms with E-state index in [1.807, 2.05) is 6.07 Å². The third-order valence-electron chi connectivity index (χ3n) is 3.65. The fourth-order valence-electron chi connectivity index (χ4n) is 2.61. The zero-order chi connectivity index (χ0) is 14.8. The second kappa shape index (κ2) is 5.40. The molecule has 1 aliphatic carbocycles. The maximum absolute atomic E-state index is 10.9. The summed E-state index contributed by atoms with van der Waals surface area (Å²) in [7, 11) is 1.69. The van der Waals surface area contributed by atoms with Crippen LogP contribution in [-0.4, -0.2) is 17.0 Å². The lowest BCUT2D eigenvalue weighted by Gasteiger charge is -2.09. The molecule has 21 heavy (non-hydrogen) atoms. The molecule has 0 radical (unpaired) electrons. The van der Waals surface area contributed by atoms with Gasteiger partial charge in [0.1, 0.15) is 11.6 Å². The molecule has 2 N–H and O–H groups in total. The number of anilines is 3. The molecule has 0 spiro atoms. The van der Waals surface area contributed by atoms with Crippen molar-refractivity contribution in [2.75, 3.05) is 17.7 Å². The van der Waals surface area contributed by atoms with Crippen LogP contribution < -0.4 is 10.6 Å². The van der Waals surface area contributed by atoms with Crippen LogP contribution in [-0.2, 0) is 12.8 Å². The number of nitrogens with one attached hydrogen (secondary N) is 2. The van der Waals surface area contributed by atoms with Crippen molar-refractivity contribution in [1.29, 1.82) is 0 Å². The van der Waals surface area contributed by atoms with E-state index in [4.69, 9.17) is 0 Å². The molecule has 1 aliphatic rings. The number of hydrogen-bond donors (Lipinski definition) is 2. The summed E-state index contributed by atoms with van der Waals surface area (Å²) in [4.78, 5) is 14.8. The highest BCUT2D eigenvalue weighted by Crippen LogP contribution is 2.28. The smallest absolute Gasteiger partial charge is 0.276 e. The number of aromatic nitrogens is 1. The van der Waals surface area contributed by atoms with Crippen molar-refractivity contribution in [3.05, 3.63) is 51.6 Å². The van der Waals surface area contributed by atoms with Gasteiger partial charge in [0.05, 0.1) is 17.1 Å². The zero-order valence-electron chi connectivity index (χ0n) is 11.7. The van der Waals surface area contributed by atoms with Gasteiger partial charge in [0.2, 0.25) is 0 Å². The van der Waals surface area contributed by atoms with Crippen LogP contribution in [0.1, 0.15) is 17.5 Å². The van der Waals surface area contributed by atoms with Gasteiger partial charge in [0.25, 0.3) is 5.69 Å². The fraction of sp³-hybridized carbons (Fsp3) is 0.267. The Morgan fingerprint density at radius 1 is 1.14 bits per heavy atom. The Labute approximate surface area is 122 Å². The van der Waals surface area contributed by atoms with Crippen LogP contribution in [0.5, 0.6) is 0 Å². The largest absolute Gasteiger partial charge is 0.373 e. The molecule has 1 aromatic heterocycles. The van der Waals surface area contributed by atoms with Crippen LogP contribution in [0.2, 0.25) is 0 Å². The minimum Gasteiger partial charge on any atom is -0.373 e. The Hall–Kier alpha value is -2.63. The van der Waals surface area contributed by atoms with E-state index in [-0.39, 0.29) is 5.69 Å². The average molecular weight is 284 g/mol. The number of nitrogens with zero attached hydrogens (tertiary/aromatic N) is 2. The Morgan fingerprint density at radius 3 is 2.67 bits per heavy atom. The minimum atomic E-state index is -0.420. The molecular weight excluding hydrogens is 268 g/mol. The molecule has 1 heterocycles. The molecule has 0 amide bonds. The predicted octanol–water partition coefficient (Wildman–Crippen LogP) is 3.26. The SMILES string of the molecule is CNc1cc([N+](=O)[O-])cc(Nc2ccc3c(c2)CCC3)n1. The second-order valence-corrected chi connectivity index (χ2v) is 5.06. The summed E-state index contributed by atoms with van der Waals surface area (Å²) in [6, 6.07) is 9.05. The van der Waals surface area contributed by atoms with Crippen molar-refractivity contribution < 1.29 is 4.92 Å². The summed E-state index contributed by atoms with van der Waals surface area (Å²) in [5, 5.41) is 16.9. The third-order valence-corrected chi connectivity index (χ3v) is 3.65. The highest BCUT2D eigenvalue weighted by molar-refractivity contribution is 5.63. The number of aryl methyl sites for hydroxylation is 2. The number of benzene rings is 1. The van der Waals surface area contributed by atoms with Gasteiger partial charge in [-0.2, -0.15) is 0 Å². The summed E-state index contributed by atoms with van der Waals surface area (Å²) in [6.45, 7) is 0. The van der Waals surface area contributed by atoms with E-state index in [0.717, 1.165) is 18.5 Å². The normalized spacial score (nSPS) is 12.8. The number of nitro groups is 1. The Kier molecular flexibility index (Phi) is 3.43. The molecule has 6 heteroatoms. The van der Waals surface area contributed by atoms with Gasteiger partial charge in [0, 0.05) is 12.7 Å². The second-order valence-electron chi connectivity index (χ2n) is 5.06. The fourth-order valence-corrected chi connectivity index (χ4v) is 2.61. The van der Waals surface area contributed by atoms with E-state index in [1.54, 1.807) is 7.05 Å². The molecule has 3 rings (SSSR count). The lowest BCUT2D eigenvalue weighted by Crippen LogP contribution is -2.00. The Morgan fingerprint density at radius 2 is 1.90 bits per heavy atom. The third kappa shape index (κ3) is 2.79. The van der Waals surface area contributed by atoms with E-state index in [1.165, 1.54) is 29.7 Å². The molecule has 0 unspecified atom stereocenters. The van der Waals surface area contributed by atoms with E-state index < -0.39 is 4.92 Å². The van der Waals surface area contributed by atoms with Gasteiger partial charge in [-0.3, -0.25) is 10.1 Å². The van der Waals surface area contributed by atoms with Crippen molar-refractivity contribution in [1.82, 2.24) is 4.98 Å². The number of rotatable bonds is 4. The quantitative estimate of drug-likeness (QED) is 0.665. The first kappa shape index (κ1) is 13.4. The van der Waals surface area contributed by atoms with Crippen LogP contribution in [0.15, 0.2) is 30.3 Å². The van der Waals surface area contributed by atoms with Gasteiger partial charge in [-0.1, -0.05) is 6.07 Å². The van der Waals surface area contributed by atoms with Crippen LogP contribution >= 0.6 is 0 Å². The van der Waals surface area contributed by atoms with Crippen LogP contribution in [0.4, 0.5) is 23.0 Å². The molecule has 2 aromatic rings. The lowest BCUT2D eigenvalue weighted by atomic mass is 10.1. The monoisotopic (exact) mass is 284 g/mol. The van der Waals surface area contributed by atoms with Gasteiger partial charge in [0.15, 0.2) is 0 Å². The number of fused-ring (bicyclic) bond motifs is 1. The summed E-state index contributed by atoms with van der Waals surface area (Å²) in [5.41, 5.74) is 3.66. The zero-order valence-corrected chi connectivity index (χ0v) is 11.7. The molecule has 0 aliphatic heterocycles. The van der Waals surface area contributed by atoms with Gasteiger partial charge in [-0.05, 0) is 42.5 Å². The van der Waals surface area contributed by atoms with Gasteiger partial charge >= 0.3 is 0 Å². The van der Waals surface area contributed by atoms with Crippen LogP contribution in [0, 0.1) is 10.1 Å². The van der Waals surface area contributed by atoms with E-state index in [0.29, 0.717) is 11.6 Å². The summed E-state index contributed by atoms with van der Waals surface area (Å²) >= 11 is 0. The van der Waals surface area contributed by atoms with Gasteiger partial charge < -0.3 is 10.6 Å². The van der Waals surface area contributed by atoms with E-state index in [2.05, 4.69) is 27.8 Å². The summed E-state index contributed by atoms with van der Waals surface area (Å²) < 4.78 is 0. The molecular formula is C15H16N4O2. The maximum Gasteiger partial charge on any atom is 0.276 e. The first-order chi connectivity index (χ1) is 10.2. The first-order valence-corrected chi connectivity index (χ1v) is 6.89. The van der Waals surface area contributed by atoms with E-state index >= 15 is 0 Å². The topological polar surface area (TPSA) is 80.1 Å². The highest BCUT2D eigenvalue weighted by atomic mass is 16.6. The van der Waals surface area contributed by atoms with E-state index in [9.17, 15) is 10.1 Å². The molecule has 0 saturated carbocycles. The highest BCUT2D eigenvalue weighted by Gasteiger charge is 2.13. The van der Waals surface area contributed by atoms with Crippen molar-refractivity contribution in [3.8, 4) is 0 Å². The van der Waals surface area contributed by atoms with Crippen LogP contribution in [0.3, 0.4) is 0 Å². The molecule has 0 saturated heterocycles. The standard InChI is InChI=1S/C15H16N4O2/c1-16-14-8-13(19(20)21)9-15(18-14)17-12-6-5-10-3-2-4-11(10)7-12/h5-9H,2-4H2,1H3,(H2,16,17,18). The van der Waals surface area contributed by atoms with Crippen molar-refractivity contribution >= 4 is 23.0 Å². The molecule has 0 atom stereocenters. The number of hydrogen-bond acceptors (Lipinski definition) is 5. The van der Waals surface area contributed by atoms with Crippen molar-refractivity contribution in [3.63, 3.8) is 0 Å². The van der Waals surface area contributed by atoms with Crippen molar-refractivity contribution in [2.45, 2.75) is 19.3 Å². The van der Waals surface area contributed by atoms with Gasteiger partial charge in [-0.15, -0.1) is 0 Å². The molecule has 108 valence electrons. The number of pyridine rings is 1. The molecule has 0 fully saturated rings. The summed E-state index contributed by atoms with van der Waals surface area (Å²) in [5.74, 6) is 0.930.